The van der Waals surface area contributed by atoms with Crippen LogP contribution < -0.4 is 5.32 Å². The average molecular weight is 327 g/mol. The molecular formula is C17H17N3O4. The van der Waals surface area contributed by atoms with Gasteiger partial charge in [-0.15, -0.1) is 0 Å². The van der Waals surface area contributed by atoms with Gasteiger partial charge in [0, 0.05) is 31.9 Å². The molecule has 1 aliphatic rings. The van der Waals surface area contributed by atoms with E-state index in [9.17, 15) is 14.4 Å². The molecule has 7 nitrogen and oxygen atoms in total. The molecule has 2 aromatic rings. The number of benzene rings is 1. The summed E-state index contributed by atoms with van der Waals surface area (Å²) in [6.45, 7) is 1.36. The van der Waals surface area contributed by atoms with E-state index in [4.69, 9.17) is 4.42 Å². The first-order valence-corrected chi connectivity index (χ1v) is 7.63. The van der Waals surface area contributed by atoms with Crippen molar-refractivity contribution >= 4 is 23.4 Å². The lowest BCUT2D eigenvalue weighted by Gasteiger charge is -2.33. The lowest BCUT2D eigenvalue weighted by atomic mass is 10.2. The Balaban J connectivity index is 1.53. The summed E-state index contributed by atoms with van der Waals surface area (Å²) >= 11 is 0. The number of nitrogens with one attached hydrogen (secondary N) is 1. The SMILES string of the molecule is O=C(Nc1ccccc1)C(=O)N1CCN(C(=O)c2ccco2)CC1. The molecule has 24 heavy (non-hydrogen) atoms. The van der Waals surface area contributed by atoms with Crippen LogP contribution in [0.3, 0.4) is 0 Å². The maximum atomic E-state index is 12.2. The minimum atomic E-state index is -0.674. The highest BCUT2D eigenvalue weighted by Crippen LogP contribution is 2.10. The smallest absolute Gasteiger partial charge is 0.313 e. The molecule has 124 valence electrons. The van der Waals surface area contributed by atoms with Gasteiger partial charge in [-0.3, -0.25) is 14.4 Å². The van der Waals surface area contributed by atoms with E-state index in [0.29, 0.717) is 31.9 Å². The van der Waals surface area contributed by atoms with Gasteiger partial charge in [0.1, 0.15) is 0 Å². The Bertz CT molecular complexity index is 720. The molecule has 1 saturated heterocycles. The number of para-hydroxylation sites is 1. The zero-order valence-corrected chi connectivity index (χ0v) is 13.0. The quantitative estimate of drug-likeness (QED) is 0.840. The second kappa shape index (κ2) is 6.99. The Morgan fingerprint density at radius 1 is 0.875 bits per heavy atom. The fourth-order valence-corrected chi connectivity index (χ4v) is 2.52. The number of anilines is 1. The van der Waals surface area contributed by atoms with Gasteiger partial charge in [0.05, 0.1) is 6.26 Å². The summed E-state index contributed by atoms with van der Waals surface area (Å²) in [7, 11) is 0. The van der Waals surface area contributed by atoms with Crippen molar-refractivity contribution in [1.82, 2.24) is 9.80 Å². The van der Waals surface area contributed by atoms with E-state index in [-0.39, 0.29) is 11.7 Å². The summed E-state index contributed by atoms with van der Waals surface area (Å²) in [6.07, 6.45) is 1.45. The summed E-state index contributed by atoms with van der Waals surface area (Å²) in [5, 5.41) is 2.57. The third kappa shape index (κ3) is 3.45. The highest BCUT2D eigenvalue weighted by atomic mass is 16.3. The zero-order valence-electron chi connectivity index (χ0n) is 13.0. The van der Waals surface area contributed by atoms with E-state index in [2.05, 4.69) is 5.32 Å². The van der Waals surface area contributed by atoms with Gasteiger partial charge in [-0.25, -0.2) is 0 Å². The van der Waals surface area contributed by atoms with Crippen LogP contribution in [0.4, 0.5) is 5.69 Å². The molecule has 3 amide bonds. The first-order chi connectivity index (χ1) is 11.6. The molecule has 3 rings (SSSR count). The predicted molar refractivity (Wildman–Crippen MR) is 86.3 cm³/mol. The molecule has 2 heterocycles. The van der Waals surface area contributed by atoms with Gasteiger partial charge in [-0.05, 0) is 24.3 Å². The Hall–Kier alpha value is -3.09. The van der Waals surface area contributed by atoms with Crippen molar-refractivity contribution in [1.29, 1.82) is 0 Å². The van der Waals surface area contributed by atoms with Gasteiger partial charge in [0.25, 0.3) is 5.91 Å². The summed E-state index contributed by atoms with van der Waals surface area (Å²) in [6, 6.07) is 12.1. The first-order valence-electron chi connectivity index (χ1n) is 7.63. The number of carbonyl (C=O) groups is 3. The Morgan fingerprint density at radius 3 is 2.17 bits per heavy atom. The largest absolute Gasteiger partial charge is 0.459 e. The molecular weight excluding hydrogens is 310 g/mol. The standard InChI is InChI=1S/C17H17N3O4/c21-15(18-13-5-2-1-3-6-13)17(23)20-10-8-19(9-11-20)16(22)14-7-4-12-24-14/h1-7,12H,8-11H2,(H,18,21). The summed E-state index contributed by atoms with van der Waals surface area (Å²) in [4.78, 5) is 39.4. The molecule has 1 fully saturated rings. The molecule has 0 saturated carbocycles. The normalized spacial score (nSPS) is 14.3. The van der Waals surface area contributed by atoms with Gasteiger partial charge in [0.2, 0.25) is 0 Å². The molecule has 1 aromatic heterocycles. The van der Waals surface area contributed by atoms with Crippen LogP contribution in [0, 0.1) is 0 Å². The molecule has 1 aromatic carbocycles. The van der Waals surface area contributed by atoms with Crippen LogP contribution in [0.1, 0.15) is 10.6 Å². The molecule has 1 N–H and O–H groups in total. The van der Waals surface area contributed by atoms with Crippen molar-refractivity contribution in [2.45, 2.75) is 0 Å². The van der Waals surface area contributed by atoms with Crippen molar-refractivity contribution in [2.24, 2.45) is 0 Å². The van der Waals surface area contributed by atoms with Crippen molar-refractivity contribution in [3.63, 3.8) is 0 Å². The molecule has 0 aliphatic carbocycles. The minimum absolute atomic E-state index is 0.208. The van der Waals surface area contributed by atoms with E-state index in [1.807, 2.05) is 6.07 Å². The Kier molecular flexibility index (Phi) is 4.60. The van der Waals surface area contributed by atoms with E-state index >= 15 is 0 Å². The van der Waals surface area contributed by atoms with Gasteiger partial charge < -0.3 is 19.5 Å². The van der Waals surface area contributed by atoms with E-state index in [1.54, 1.807) is 41.3 Å². The van der Waals surface area contributed by atoms with Crippen LogP contribution in [0.15, 0.2) is 53.1 Å². The number of amides is 3. The van der Waals surface area contributed by atoms with Gasteiger partial charge in [-0.1, -0.05) is 18.2 Å². The van der Waals surface area contributed by atoms with Gasteiger partial charge in [0.15, 0.2) is 5.76 Å². The van der Waals surface area contributed by atoms with E-state index in [1.165, 1.54) is 11.2 Å². The second-order valence-electron chi connectivity index (χ2n) is 5.38. The Morgan fingerprint density at radius 2 is 1.54 bits per heavy atom. The summed E-state index contributed by atoms with van der Waals surface area (Å²) in [5.41, 5.74) is 0.572. The number of piperazine rings is 1. The van der Waals surface area contributed by atoms with Crippen molar-refractivity contribution < 1.29 is 18.8 Å². The van der Waals surface area contributed by atoms with Crippen LogP contribution in [0.2, 0.25) is 0 Å². The second-order valence-corrected chi connectivity index (χ2v) is 5.38. The molecule has 7 heteroatoms. The third-order valence-electron chi connectivity index (χ3n) is 3.81. The highest BCUT2D eigenvalue weighted by molar-refractivity contribution is 6.39. The molecule has 0 bridgehead atoms. The molecule has 1 aliphatic heterocycles. The molecule has 0 spiro atoms. The van der Waals surface area contributed by atoms with Crippen LogP contribution in [-0.4, -0.2) is 53.7 Å². The number of carbonyl (C=O) groups excluding carboxylic acids is 3. The van der Waals surface area contributed by atoms with E-state index < -0.39 is 11.8 Å². The number of hydrogen-bond acceptors (Lipinski definition) is 4. The number of hydrogen-bond donors (Lipinski definition) is 1. The highest BCUT2D eigenvalue weighted by Gasteiger charge is 2.29. The van der Waals surface area contributed by atoms with Crippen LogP contribution in [0.5, 0.6) is 0 Å². The molecule has 0 radical (unpaired) electrons. The van der Waals surface area contributed by atoms with Gasteiger partial charge >= 0.3 is 11.8 Å². The van der Waals surface area contributed by atoms with Crippen molar-refractivity contribution in [3.8, 4) is 0 Å². The third-order valence-corrected chi connectivity index (χ3v) is 3.81. The lowest BCUT2D eigenvalue weighted by Crippen LogP contribution is -2.52. The number of furan rings is 1. The van der Waals surface area contributed by atoms with Crippen LogP contribution in [-0.2, 0) is 9.59 Å². The minimum Gasteiger partial charge on any atom is -0.459 e. The lowest BCUT2D eigenvalue weighted by molar-refractivity contribution is -0.144. The zero-order chi connectivity index (χ0) is 16.9. The van der Waals surface area contributed by atoms with Crippen LogP contribution >= 0.6 is 0 Å². The fraction of sp³-hybridized carbons (Fsp3) is 0.235. The fourth-order valence-electron chi connectivity index (χ4n) is 2.52. The van der Waals surface area contributed by atoms with Crippen molar-refractivity contribution in [3.05, 3.63) is 54.5 Å². The summed E-state index contributed by atoms with van der Waals surface area (Å²) < 4.78 is 5.09. The monoisotopic (exact) mass is 327 g/mol. The maximum Gasteiger partial charge on any atom is 0.313 e. The number of rotatable bonds is 2. The summed E-state index contributed by atoms with van der Waals surface area (Å²) in [5.74, 6) is -1.20. The van der Waals surface area contributed by atoms with E-state index in [0.717, 1.165) is 0 Å². The number of nitrogens with zero attached hydrogens (tertiary/aromatic N) is 2. The topological polar surface area (TPSA) is 82.9 Å². The predicted octanol–water partition coefficient (Wildman–Crippen LogP) is 1.20. The average Bonchev–Trinajstić information content (AvgIpc) is 3.16. The maximum absolute atomic E-state index is 12.2. The van der Waals surface area contributed by atoms with Crippen LogP contribution in [0.25, 0.3) is 0 Å². The molecule has 0 unspecified atom stereocenters. The van der Waals surface area contributed by atoms with Crippen molar-refractivity contribution in [2.75, 3.05) is 31.5 Å². The van der Waals surface area contributed by atoms with Gasteiger partial charge in [-0.2, -0.15) is 0 Å². The Labute approximate surface area is 138 Å². The molecule has 0 atom stereocenters. The first kappa shape index (κ1) is 15.8.